The Labute approximate surface area is 137 Å². The standard InChI is InChI=1S/C17H13ClN2O3/c1-10(15(21)19-12-8-6-11(18)7-9-12)20-16(22)13-4-2-3-5-14(13)17(20)23/h2-10H,1H3,(H,19,21). The summed E-state index contributed by atoms with van der Waals surface area (Å²) in [7, 11) is 0. The molecule has 0 saturated heterocycles. The Hall–Kier alpha value is -2.66. The summed E-state index contributed by atoms with van der Waals surface area (Å²) >= 11 is 5.79. The van der Waals surface area contributed by atoms with E-state index in [1.165, 1.54) is 6.92 Å². The third-order valence-corrected chi connectivity index (χ3v) is 3.96. The molecule has 6 heteroatoms. The highest BCUT2D eigenvalue weighted by atomic mass is 35.5. The minimum Gasteiger partial charge on any atom is -0.324 e. The van der Waals surface area contributed by atoms with Gasteiger partial charge in [-0.15, -0.1) is 0 Å². The molecule has 0 aromatic heterocycles. The van der Waals surface area contributed by atoms with E-state index in [1.54, 1.807) is 48.5 Å². The molecule has 2 aromatic carbocycles. The van der Waals surface area contributed by atoms with Gasteiger partial charge in [-0.1, -0.05) is 23.7 Å². The fourth-order valence-corrected chi connectivity index (χ4v) is 2.58. The Morgan fingerprint density at radius 2 is 1.52 bits per heavy atom. The van der Waals surface area contributed by atoms with Gasteiger partial charge in [0, 0.05) is 10.7 Å². The quantitative estimate of drug-likeness (QED) is 0.881. The van der Waals surface area contributed by atoms with Crippen LogP contribution < -0.4 is 5.32 Å². The Morgan fingerprint density at radius 3 is 2.04 bits per heavy atom. The Bertz CT molecular complexity index is 767. The number of benzene rings is 2. The summed E-state index contributed by atoms with van der Waals surface area (Å²) in [6.45, 7) is 1.52. The maximum atomic E-state index is 12.4. The van der Waals surface area contributed by atoms with Gasteiger partial charge in [-0.2, -0.15) is 0 Å². The lowest BCUT2D eigenvalue weighted by Gasteiger charge is -2.21. The average Bonchev–Trinajstić information content (AvgIpc) is 2.81. The number of hydrogen-bond acceptors (Lipinski definition) is 3. The molecule has 0 spiro atoms. The largest absolute Gasteiger partial charge is 0.324 e. The number of imide groups is 1. The fraction of sp³-hybridized carbons (Fsp3) is 0.118. The highest BCUT2D eigenvalue weighted by Gasteiger charge is 2.40. The molecule has 0 radical (unpaired) electrons. The molecule has 1 unspecified atom stereocenters. The molecule has 3 rings (SSSR count). The van der Waals surface area contributed by atoms with Crippen molar-refractivity contribution in [2.45, 2.75) is 13.0 Å². The fourth-order valence-electron chi connectivity index (χ4n) is 2.46. The summed E-state index contributed by atoms with van der Waals surface area (Å²) in [4.78, 5) is 38.0. The topological polar surface area (TPSA) is 66.5 Å². The van der Waals surface area contributed by atoms with Crippen LogP contribution in [0.5, 0.6) is 0 Å². The van der Waals surface area contributed by atoms with Crippen molar-refractivity contribution in [3.8, 4) is 0 Å². The van der Waals surface area contributed by atoms with Crippen LogP contribution in [-0.2, 0) is 4.79 Å². The molecular formula is C17H13ClN2O3. The van der Waals surface area contributed by atoms with E-state index >= 15 is 0 Å². The molecule has 2 aromatic rings. The number of carbonyl (C=O) groups excluding carboxylic acids is 3. The second kappa shape index (κ2) is 5.85. The molecule has 0 saturated carbocycles. The first-order valence-corrected chi connectivity index (χ1v) is 7.40. The number of amides is 3. The second-order valence-electron chi connectivity index (χ2n) is 5.20. The molecule has 1 aliphatic heterocycles. The van der Waals surface area contributed by atoms with E-state index in [1.807, 2.05) is 0 Å². The first kappa shape index (κ1) is 15.2. The lowest BCUT2D eigenvalue weighted by Crippen LogP contribution is -2.45. The van der Waals surface area contributed by atoms with Crippen molar-refractivity contribution < 1.29 is 14.4 Å². The summed E-state index contributed by atoms with van der Waals surface area (Å²) < 4.78 is 0. The Balaban J connectivity index is 1.79. The highest BCUT2D eigenvalue weighted by molar-refractivity contribution is 6.30. The maximum absolute atomic E-state index is 12.4. The normalized spacial score (nSPS) is 14.6. The molecular weight excluding hydrogens is 316 g/mol. The summed E-state index contributed by atoms with van der Waals surface area (Å²) in [5, 5.41) is 3.22. The van der Waals surface area contributed by atoms with Crippen molar-refractivity contribution >= 4 is 35.0 Å². The molecule has 1 atom stereocenters. The number of nitrogens with zero attached hydrogens (tertiary/aromatic N) is 1. The van der Waals surface area contributed by atoms with Crippen molar-refractivity contribution in [2.75, 3.05) is 5.32 Å². The first-order valence-electron chi connectivity index (χ1n) is 7.02. The molecule has 1 N–H and O–H groups in total. The van der Waals surface area contributed by atoms with Gasteiger partial charge >= 0.3 is 0 Å². The van der Waals surface area contributed by atoms with Crippen molar-refractivity contribution in [3.05, 3.63) is 64.7 Å². The van der Waals surface area contributed by atoms with E-state index in [-0.39, 0.29) is 0 Å². The van der Waals surface area contributed by atoms with Gasteiger partial charge in [0.15, 0.2) is 0 Å². The van der Waals surface area contributed by atoms with E-state index in [9.17, 15) is 14.4 Å². The molecule has 116 valence electrons. The monoisotopic (exact) mass is 328 g/mol. The minimum atomic E-state index is -0.918. The van der Waals surface area contributed by atoms with Crippen molar-refractivity contribution in [1.29, 1.82) is 0 Å². The summed E-state index contributed by atoms with van der Waals surface area (Å²) in [6.07, 6.45) is 0. The number of nitrogens with one attached hydrogen (secondary N) is 1. The number of hydrogen-bond donors (Lipinski definition) is 1. The Morgan fingerprint density at radius 1 is 1.00 bits per heavy atom. The van der Waals surface area contributed by atoms with Gasteiger partial charge in [0.05, 0.1) is 11.1 Å². The van der Waals surface area contributed by atoms with Crippen molar-refractivity contribution in [3.63, 3.8) is 0 Å². The summed E-state index contributed by atoms with van der Waals surface area (Å²) in [5.74, 6) is -1.35. The third kappa shape index (κ3) is 2.71. The third-order valence-electron chi connectivity index (χ3n) is 3.70. The summed E-state index contributed by atoms with van der Waals surface area (Å²) in [6, 6.07) is 12.2. The second-order valence-corrected chi connectivity index (χ2v) is 5.63. The molecule has 0 bridgehead atoms. The number of anilines is 1. The van der Waals surface area contributed by atoms with Gasteiger partial charge < -0.3 is 5.32 Å². The molecule has 5 nitrogen and oxygen atoms in total. The first-order chi connectivity index (χ1) is 11.0. The smallest absolute Gasteiger partial charge is 0.262 e. The van der Waals surface area contributed by atoms with Crippen LogP contribution in [-0.4, -0.2) is 28.7 Å². The number of rotatable bonds is 3. The van der Waals surface area contributed by atoms with Crippen LogP contribution in [0.25, 0.3) is 0 Å². The SMILES string of the molecule is CC(C(=O)Nc1ccc(Cl)cc1)N1C(=O)c2ccccc2C1=O. The Kier molecular flexibility index (Phi) is 3.88. The van der Waals surface area contributed by atoms with E-state index in [0.29, 0.717) is 21.8 Å². The van der Waals surface area contributed by atoms with E-state index < -0.39 is 23.8 Å². The molecule has 23 heavy (non-hydrogen) atoms. The zero-order valence-electron chi connectivity index (χ0n) is 12.2. The lowest BCUT2D eigenvalue weighted by molar-refractivity contribution is -0.119. The van der Waals surface area contributed by atoms with Crippen molar-refractivity contribution in [1.82, 2.24) is 4.90 Å². The van der Waals surface area contributed by atoms with Gasteiger partial charge in [-0.3, -0.25) is 19.3 Å². The number of halogens is 1. The molecule has 3 amide bonds. The van der Waals surface area contributed by atoms with Crippen LogP contribution in [0.4, 0.5) is 5.69 Å². The maximum Gasteiger partial charge on any atom is 0.262 e. The van der Waals surface area contributed by atoms with Gasteiger partial charge in [0.25, 0.3) is 11.8 Å². The van der Waals surface area contributed by atoms with Gasteiger partial charge in [0.2, 0.25) is 5.91 Å². The average molecular weight is 329 g/mol. The highest BCUT2D eigenvalue weighted by Crippen LogP contribution is 2.25. The van der Waals surface area contributed by atoms with Crippen LogP contribution in [0.1, 0.15) is 27.6 Å². The molecule has 1 aliphatic rings. The van der Waals surface area contributed by atoms with E-state index in [0.717, 1.165) is 4.90 Å². The van der Waals surface area contributed by atoms with Crippen LogP contribution in [0.15, 0.2) is 48.5 Å². The van der Waals surface area contributed by atoms with Gasteiger partial charge in [-0.05, 0) is 43.3 Å². The van der Waals surface area contributed by atoms with Gasteiger partial charge in [-0.25, -0.2) is 0 Å². The summed E-state index contributed by atoms with van der Waals surface area (Å²) in [5.41, 5.74) is 1.19. The minimum absolute atomic E-state index is 0.323. The zero-order valence-corrected chi connectivity index (χ0v) is 13.0. The van der Waals surface area contributed by atoms with E-state index in [4.69, 9.17) is 11.6 Å². The molecule has 0 aliphatic carbocycles. The predicted octanol–water partition coefficient (Wildman–Crippen LogP) is 2.96. The van der Waals surface area contributed by atoms with Crippen LogP contribution in [0.2, 0.25) is 5.02 Å². The number of carbonyl (C=O) groups is 3. The van der Waals surface area contributed by atoms with Gasteiger partial charge in [0.1, 0.15) is 6.04 Å². The lowest BCUT2D eigenvalue weighted by atomic mass is 10.1. The van der Waals surface area contributed by atoms with Crippen molar-refractivity contribution in [2.24, 2.45) is 0 Å². The van der Waals surface area contributed by atoms with Crippen LogP contribution >= 0.6 is 11.6 Å². The van der Waals surface area contributed by atoms with Crippen LogP contribution in [0, 0.1) is 0 Å². The molecule has 1 heterocycles. The van der Waals surface area contributed by atoms with Crippen LogP contribution in [0.3, 0.4) is 0 Å². The molecule has 0 fully saturated rings. The predicted molar refractivity (Wildman–Crippen MR) is 86.5 cm³/mol. The van der Waals surface area contributed by atoms with E-state index in [2.05, 4.69) is 5.32 Å². The number of fused-ring (bicyclic) bond motifs is 1. The zero-order chi connectivity index (χ0) is 16.6.